The van der Waals surface area contributed by atoms with Gasteiger partial charge in [-0.2, -0.15) is 9.78 Å². The number of nitrogens with one attached hydrogen (secondary N) is 1. The number of amides is 1. The van der Waals surface area contributed by atoms with E-state index in [1.807, 2.05) is 0 Å². The summed E-state index contributed by atoms with van der Waals surface area (Å²) in [6.07, 6.45) is -0.444. The lowest BCUT2D eigenvalue weighted by Crippen LogP contribution is -2.30. The summed E-state index contributed by atoms with van der Waals surface area (Å²) in [7, 11) is 0. The lowest BCUT2D eigenvalue weighted by atomic mass is 9.99. The Morgan fingerprint density at radius 2 is 1.49 bits per heavy atom. The van der Waals surface area contributed by atoms with Gasteiger partial charge in [0.05, 0.1) is 12.5 Å². The quantitative estimate of drug-likeness (QED) is 0.358. The molecule has 10 heteroatoms. The number of carboxylic acids is 1. The smallest absolute Gasteiger partial charge is 0.305 e. The molecule has 1 unspecified atom stereocenters. The molecule has 0 spiro atoms. The van der Waals surface area contributed by atoms with Crippen molar-refractivity contribution in [2.75, 3.05) is 0 Å². The van der Waals surface area contributed by atoms with Crippen molar-refractivity contribution in [1.29, 1.82) is 0 Å². The summed E-state index contributed by atoms with van der Waals surface area (Å²) in [6.45, 7) is 0. The number of aliphatic carboxylic acids is 1. The van der Waals surface area contributed by atoms with Gasteiger partial charge in [-0.05, 0) is 41.0 Å². The van der Waals surface area contributed by atoms with Crippen LogP contribution in [0.15, 0.2) is 72.8 Å². The molecule has 0 saturated carbocycles. The fraction of sp³-hybridized carbons (Fsp3) is 0.0800. The highest BCUT2D eigenvalue weighted by molar-refractivity contribution is 5.93. The topological polar surface area (TPSA) is 104 Å². The van der Waals surface area contributed by atoms with Crippen molar-refractivity contribution in [2.45, 2.75) is 12.5 Å². The lowest BCUT2D eigenvalue weighted by Gasteiger charge is -2.17. The maximum atomic E-state index is 14.1. The number of nitrogens with zero attached hydrogens (tertiary/aromatic N) is 2. The van der Waals surface area contributed by atoms with Crippen LogP contribution in [0.5, 0.6) is 5.88 Å². The Hall–Kier alpha value is -4.60. The van der Waals surface area contributed by atoms with Crippen molar-refractivity contribution in [3.05, 3.63) is 102 Å². The summed E-state index contributed by atoms with van der Waals surface area (Å²) in [5, 5.41) is 25.9. The highest BCUT2D eigenvalue weighted by Crippen LogP contribution is 2.25. The average molecular weight is 481 g/mol. The van der Waals surface area contributed by atoms with Gasteiger partial charge in [0.25, 0.3) is 5.91 Å². The van der Waals surface area contributed by atoms with E-state index in [-0.39, 0.29) is 17.2 Å². The van der Waals surface area contributed by atoms with Gasteiger partial charge in [-0.25, -0.2) is 13.2 Å². The van der Waals surface area contributed by atoms with Gasteiger partial charge in [0, 0.05) is 12.1 Å². The molecule has 1 atom stereocenters. The Bertz CT molecular complexity index is 1390. The molecular formula is C25H18F3N3O4. The normalized spacial score (nSPS) is 11.7. The lowest BCUT2D eigenvalue weighted by molar-refractivity contribution is -0.137. The third-order valence-electron chi connectivity index (χ3n) is 5.24. The summed E-state index contributed by atoms with van der Waals surface area (Å²) in [5.74, 6) is -4.74. The Labute approximate surface area is 197 Å². The molecule has 3 aromatic carbocycles. The van der Waals surface area contributed by atoms with Crippen LogP contribution in [0.2, 0.25) is 0 Å². The number of carboxylic acid groups (broad SMARTS) is 1. The minimum atomic E-state index is -1.17. The summed E-state index contributed by atoms with van der Waals surface area (Å²) in [4.78, 5) is 24.2. The first-order valence-corrected chi connectivity index (χ1v) is 10.3. The van der Waals surface area contributed by atoms with Crippen molar-refractivity contribution in [1.82, 2.24) is 15.1 Å². The van der Waals surface area contributed by atoms with Gasteiger partial charge in [-0.3, -0.25) is 9.59 Å². The van der Waals surface area contributed by atoms with Crippen LogP contribution < -0.4 is 5.32 Å². The minimum absolute atomic E-state index is 0.276. The van der Waals surface area contributed by atoms with Gasteiger partial charge in [0.1, 0.15) is 17.3 Å². The molecule has 4 rings (SSSR count). The van der Waals surface area contributed by atoms with Crippen LogP contribution >= 0.6 is 0 Å². The minimum Gasteiger partial charge on any atom is -0.493 e. The third-order valence-corrected chi connectivity index (χ3v) is 5.24. The molecule has 1 aromatic heterocycles. The van der Waals surface area contributed by atoms with Crippen LogP contribution in [0.25, 0.3) is 16.8 Å². The van der Waals surface area contributed by atoms with Crippen molar-refractivity contribution in [3.8, 4) is 22.7 Å². The van der Waals surface area contributed by atoms with Crippen molar-refractivity contribution in [2.24, 2.45) is 0 Å². The number of carbonyl (C=O) groups is 2. The van der Waals surface area contributed by atoms with E-state index in [0.717, 1.165) is 34.0 Å². The Morgan fingerprint density at radius 3 is 2.09 bits per heavy atom. The van der Waals surface area contributed by atoms with Gasteiger partial charge < -0.3 is 15.5 Å². The predicted octanol–water partition coefficient (Wildman–Crippen LogP) is 4.61. The first kappa shape index (κ1) is 23.6. The molecule has 0 aliphatic rings. The molecule has 0 bridgehead atoms. The Balaban J connectivity index is 1.57. The number of rotatable bonds is 7. The predicted molar refractivity (Wildman–Crippen MR) is 119 cm³/mol. The van der Waals surface area contributed by atoms with Gasteiger partial charge >= 0.3 is 5.97 Å². The number of hydrogen-bond donors (Lipinski definition) is 3. The summed E-state index contributed by atoms with van der Waals surface area (Å²) in [6, 6.07) is 15.2. The molecule has 1 heterocycles. The molecule has 35 heavy (non-hydrogen) atoms. The second-order valence-corrected chi connectivity index (χ2v) is 7.65. The molecule has 0 aliphatic heterocycles. The molecule has 4 aromatic rings. The molecule has 7 nitrogen and oxygen atoms in total. The molecule has 3 N–H and O–H groups in total. The molecular weight excluding hydrogens is 463 g/mol. The van der Waals surface area contributed by atoms with Gasteiger partial charge in [-0.15, -0.1) is 0 Å². The van der Waals surface area contributed by atoms with Gasteiger partial charge in [-0.1, -0.05) is 36.4 Å². The highest BCUT2D eigenvalue weighted by atomic mass is 19.1. The Morgan fingerprint density at radius 1 is 0.886 bits per heavy atom. The van der Waals surface area contributed by atoms with E-state index in [2.05, 4.69) is 10.4 Å². The second-order valence-electron chi connectivity index (χ2n) is 7.65. The van der Waals surface area contributed by atoms with E-state index in [1.165, 1.54) is 12.1 Å². The number of halogens is 3. The van der Waals surface area contributed by atoms with E-state index < -0.39 is 41.9 Å². The maximum Gasteiger partial charge on any atom is 0.305 e. The van der Waals surface area contributed by atoms with Crippen LogP contribution in [-0.4, -0.2) is 31.9 Å². The first-order valence-electron chi connectivity index (χ1n) is 10.3. The third kappa shape index (κ3) is 5.32. The largest absolute Gasteiger partial charge is 0.493 e. The Kier molecular flexibility index (Phi) is 6.54. The van der Waals surface area contributed by atoms with Crippen LogP contribution in [0.3, 0.4) is 0 Å². The van der Waals surface area contributed by atoms with Gasteiger partial charge in [0.15, 0.2) is 11.5 Å². The summed E-state index contributed by atoms with van der Waals surface area (Å²) >= 11 is 0. The fourth-order valence-electron chi connectivity index (χ4n) is 3.52. The van der Waals surface area contributed by atoms with Gasteiger partial charge in [0.2, 0.25) is 5.88 Å². The second kappa shape index (κ2) is 9.72. The van der Waals surface area contributed by atoms with Crippen LogP contribution in [-0.2, 0) is 4.79 Å². The number of hydrogen-bond acceptors (Lipinski definition) is 4. The zero-order chi connectivity index (χ0) is 25.1. The summed E-state index contributed by atoms with van der Waals surface area (Å²) in [5.41, 5.74) is 1.43. The molecule has 0 aliphatic carbocycles. The molecule has 0 radical (unpaired) electrons. The molecule has 0 fully saturated rings. The molecule has 1 amide bonds. The van der Waals surface area contributed by atoms with E-state index in [4.69, 9.17) is 0 Å². The molecule has 0 saturated heterocycles. The molecule has 178 valence electrons. The standard InChI is InChI=1S/C25H18F3N3O4/c26-17-7-5-15(6-8-17)14-1-3-16(4-2-14)20(13-24(33)34)29-25(35)21-12-23(32)31(30-21)22-10-9-18(27)11-19(22)28/h1-12,20,32H,13H2,(H,29,35)(H,33,34). The van der Waals surface area contributed by atoms with Crippen molar-refractivity contribution < 1.29 is 33.0 Å². The SMILES string of the molecule is O=C(O)CC(NC(=O)c1cc(O)n(-c2ccc(F)cc2F)n1)c1ccc(-c2ccc(F)cc2)cc1. The van der Waals surface area contributed by atoms with E-state index in [0.29, 0.717) is 11.6 Å². The highest BCUT2D eigenvalue weighted by Gasteiger charge is 2.23. The number of aromatic hydroxyl groups is 1. The van der Waals surface area contributed by atoms with Crippen LogP contribution in [0.1, 0.15) is 28.5 Å². The van der Waals surface area contributed by atoms with Crippen molar-refractivity contribution in [3.63, 3.8) is 0 Å². The van der Waals surface area contributed by atoms with Crippen LogP contribution in [0.4, 0.5) is 13.2 Å². The first-order chi connectivity index (χ1) is 16.7. The summed E-state index contributed by atoms with van der Waals surface area (Å²) < 4.78 is 41.2. The maximum absolute atomic E-state index is 14.1. The zero-order valence-electron chi connectivity index (χ0n) is 18.0. The van der Waals surface area contributed by atoms with Crippen molar-refractivity contribution >= 4 is 11.9 Å². The van der Waals surface area contributed by atoms with Crippen LogP contribution in [0, 0.1) is 17.5 Å². The monoisotopic (exact) mass is 481 g/mol. The van der Waals surface area contributed by atoms with E-state index >= 15 is 0 Å². The van der Waals surface area contributed by atoms with E-state index in [1.54, 1.807) is 36.4 Å². The van der Waals surface area contributed by atoms with E-state index in [9.17, 15) is 33.0 Å². The number of aromatic nitrogens is 2. The zero-order valence-corrected chi connectivity index (χ0v) is 18.0. The number of carbonyl (C=O) groups excluding carboxylic acids is 1. The average Bonchev–Trinajstić information content (AvgIpc) is 3.20. The fourth-order valence-corrected chi connectivity index (χ4v) is 3.52. The number of benzene rings is 3.